The molecular weight excluding hydrogens is 270 g/mol. The van der Waals surface area contributed by atoms with Gasteiger partial charge in [-0.1, -0.05) is 11.6 Å². The smallest absolute Gasteiger partial charge is 0.339 e. The van der Waals surface area contributed by atoms with Crippen LogP contribution in [0.5, 0.6) is 0 Å². The first-order valence-corrected chi connectivity index (χ1v) is 7.43. The summed E-state index contributed by atoms with van der Waals surface area (Å²) in [7, 11) is 1.38. The van der Waals surface area contributed by atoms with E-state index in [-0.39, 0.29) is 5.97 Å². The van der Waals surface area contributed by atoms with Crippen molar-refractivity contribution in [2.24, 2.45) is 5.92 Å². The van der Waals surface area contributed by atoms with Gasteiger partial charge in [-0.3, -0.25) is 0 Å². The van der Waals surface area contributed by atoms with Crippen molar-refractivity contribution < 1.29 is 9.53 Å². The molecule has 1 aliphatic rings. The zero-order chi connectivity index (χ0) is 13.0. The standard InChI is InChI=1S/C13H16ClNO2S/c1-17-13(16)11-3-2-10(14)6-12(11)15-7-9-4-5-18-8-9/h2-3,6,9,15H,4-5,7-8H2,1H3. The summed E-state index contributed by atoms with van der Waals surface area (Å²) in [4.78, 5) is 11.6. The topological polar surface area (TPSA) is 38.3 Å². The van der Waals surface area contributed by atoms with E-state index >= 15 is 0 Å². The second-order valence-corrected chi connectivity index (χ2v) is 5.88. The molecule has 0 radical (unpaired) electrons. The first kappa shape index (κ1) is 13.6. The fraction of sp³-hybridized carbons (Fsp3) is 0.462. The number of anilines is 1. The van der Waals surface area contributed by atoms with Gasteiger partial charge in [0.15, 0.2) is 0 Å². The van der Waals surface area contributed by atoms with Crippen LogP contribution in [0.2, 0.25) is 5.02 Å². The van der Waals surface area contributed by atoms with Crippen molar-refractivity contribution in [3.05, 3.63) is 28.8 Å². The lowest BCUT2D eigenvalue weighted by molar-refractivity contribution is 0.0602. The number of benzene rings is 1. The van der Waals surface area contributed by atoms with Crippen LogP contribution in [-0.2, 0) is 4.74 Å². The van der Waals surface area contributed by atoms with Gasteiger partial charge in [-0.25, -0.2) is 4.79 Å². The second kappa shape index (κ2) is 6.34. The van der Waals surface area contributed by atoms with Crippen molar-refractivity contribution in [1.29, 1.82) is 0 Å². The average Bonchev–Trinajstić information content (AvgIpc) is 2.88. The first-order valence-electron chi connectivity index (χ1n) is 5.90. The Morgan fingerprint density at radius 1 is 1.61 bits per heavy atom. The van der Waals surface area contributed by atoms with Crippen molar-refractivity contribution in [3.63, 3.8) is 0 Å². The van der Waals surface area contributed by atoms with E-state index in [0.717, 1.165) is 12.2 Å². The van der Waals surface area contributed by atoms with Crippen LogP contribution >= 0.6 is 23.4 Å². The van der Waals surface area contributed by atoms with Crippen LogP contribution in [0, 0.1) is 5.92 Å². The van der Waals surface area contributed by atoms with Gasteiger partial charge >= 0.3 is 5.97 Å². The Bertz CT molecular complexity index is 433. The van der Waals surface area contributed by atoms with Crippen LogP contribution in [0.3, 0.4) is 0 Å². The molecule has 0 saturated carbocycles. The fourth-order valence-electron chi connectivity index (χ4n) is 1.95. The molecule has 0 aromatic heterocycles. The van der Waals surface area contributed by atoms with Gasteiger partial charge in [0.2, 0.25) is 0 Å². The SMILES string of the molecule is COC(=O)c1ccc(Cl)cc1NCC1CCSC1. The van der Waals surface area contributed by atoms with E-state index in [2.05, 4.69) is 5.32 Å². The zero-order valence-corrected chi connectivity index (χ0v) is 11.8. The third kappa shape index (κ3) is 3.33. The van der Waals surface area contributed by atoms with Gasteiger partial charge in [-0.2, -0.15) is 11.8 Å². The largest absolute Gasteiger partial charge is 0.465 e. The Balaban J connectivity index is 2.08. The minimum atomic E-state index is -0.338. The van der Waals surface area contributed by atoms with Crippen LogP contribution in [0.4, 0.5) is 5.69 Å². The lowest BCUT2D eigenvalue weighted by atomic mass is 10.1. The number of hydrogen-bond donors (Lipinski definition) is 1. The normalized spacial score (nSPS) is 18.7. The van der Waals surface area contributed by atoms with Gasteiger partial charge in [0.25, 0.3) is 0 Å². The highest BCUT2D eigenvalue weighted by Gasteiger charge is 2.17. The van der Waals surface area contributed by atoms with Crippen molar-refractivity contribution >= 4 is 35.0 Å². The second-order valence-electron chi connectivity index (χ2n) is 4.29. The molecule has 1 fully saturated rings. The first-order chi connectivity index (χ1) is 8.70. The molecule has 0 amide bonds. The maximum Gasteiger partial charge on any atom is 0.339 e. The van der Waals surface area contributed by atoms with Crippen LogP contribution in [0.25, 0.3) is 0 Å². The van der Waals surface area contributed by atoms with Crippen molar-refractivity contribution in [2.45, 2.75) is 6.42 Å². The van der Waals surface area contributed by atoms with Gasteiger partial charge in [-0.05, 0) is 42.0 Å². The van der Waals surface area contributed by atoms with Gasteiger partial charge in [0.1, 0.15) is 0 Å². The molecule has 1 N–H and O–H groups in total. The minimum Gasteiger partial charge on any atom is -0.465 e. The predicted octanol–water partition coefficient (Wildman–Crippen LogP) is 3.29. The predicted molar refractivity (Wildman–Crippen MR) is 76.7 cm³/mol. The molecule has 98 valence electrons. The Morgan fingerprint density at radius 2 is 2.44 bits per heavy atom. The lowest BCUT2D eigenvalue weighted by Gasteiger charge is -2.14. The van der Waals surface area contributed by atoms with E-state index in [1.807, 2.05) is 11.8 Å². The molecule has 1 unspecified atom stereocenters. The number of thioether (sulfide) groups is 1. The molecule has 1 heterocycles. The van der Waals surface area contributed by atoms with E-state index in [4.69, 9.17) is 16.3 Å². The number of methoxy groups -OCH3 is 1. The quantitative estimate of drug-likeness (QED) is 0.862. The number of esters is 1. The summed E-state index contributed by atoms with van der Waals surface area (Å²) in [6.07, 6.45) is 1.23. The molecule has 0 spiro atoms. The Hall–Kier alpha value is -0.870. The van der Waals surface area contributed by atoms with Crippen LogP contribution < -0.4 is 5.32 Å². The summed E-state index contributed by atoms with van der Waals surface area (Å²) < 4.78 is 4.76. The van der Waals surface area contributed by atoms with Gasteiger partial charge < -0.3 is 10.1 Å². The molecule has 1 aliphatic heterocycles. The molecule has 1 aromatic rings. The van der Waals surface area contributed by atoms with Gasteiger partial charge in [-0.15, -0.1) is 0 Å². The van der Waals surface area contributed by atoms with E-state index in [1.54, 1.807) is 18.2 Å². The highest BCUT2D eigenvalue weighted by Crippen LogP contribution is 2.26. The summed E-state index contributed by atoms with van der Waals surface area (Å²) in [5.41, 5.74) is 1.29. The third-order valence-electron chi connectivity index (χ3n) is 2.99. The molecule has 5 heteroatoms. The van der Waals surface area contributed by atoms with Crippen LogP contribution in [-0.4, -0.2) is 31.1 Å². The maximum atomic E-state index is 11.6. The number of carbonyl (C=O) groups is 1. The maximum absolute atomic E-state index is 11.6. The summed E-state index contributed by atoms with van der Waals surface area (Å²) >= 11 is 7.94. The molecule has 0 bridgehead atoms. The van der Waals surface area contributed by atoms with Crippen LogP contribution in [0.1, 0.15) is 16.8 Å². The van der Waals surface area contributed by atoms with E-state index < -0.39 is 0 Å². The molecular formula is C13H16ClNO2S. The summed E-state index contributed by atoms with van der Waals surface area (Å²) in [5, 5.41) is 3.93. The minimum absolute atomic E-state index is 0.338. The Morgan fingerprint density at radius 3 is 3.11 bits per heavy atom. The number of nitrogens with one attached hydrogen (secondary N) is 1. The Labute approximate surface area is 116 Å². The summed E-state index contributed by atoms with van der Waals surface area (Å²) in [5.74, 6) is 2.74. The van der Waals surface area contributed by atoms with Gasteiger partial charge in [0.05, 0.1) is 18.4 Å². The molecule has 18 heavy (non-hydrogen) atoms. The van der Waals surface area contributed by atoms with E-state index in [9.17, 15) is 4.79 Å². The Kier molecular flexibility index (Phi) is 4.78. The molecule has 1 atom stereocenters. The number of rotatable bonds is 4. The molecule has 1 aromatic carbocycles. The molecule has 2 rings (SSSR count). The molecule has 3 nitrogen and oxygen atoms in total. The highest BCUT2D eigenvalue weighted by atomic mass is 35.5. The number of hydrogen-bond acceptors (Lipinski definition) is 4. The monoisotopic (exact) mass is 285 g/mol. The molecule has 1 saturated heterocycles. The summed E-state index contributed by atoms with van der Waals surface area (Å²) in [6.45, 7) is 0.872. The number of carbonyl (C=O) groups excluding carboxylic acids is 1. The van der Waals surface area contributed by atoms with Gasteiger partial charge in [0, 0.05) is 11.6 Å². The van der Waals surface area contributed by atoms with Crippen LogP contribution in [0.15, 0.2) is 18.2 Å². The van der Waals surface area contributed by atoms with E-state index in [0.29, 0.717) is 16.5 Å². The molecule has 0 aliphatic carbocycles. The highest BCUT2D eigenvalue weighted by molar-refractivity contribution is 7.99. The van der Waals surface area contributed by atoms with Crippen molar-refractivity contribution in [1.82, 2.24) is 0 Å². The number of halogens is 1. The average molecular weight is 286 g/mol. The van der Waals surface area contributed by atoms with Crippen molar-refractivity contribution in [2.75, 3.05) is 30.5 Å². The van der Waals surface area contributed by atoms with Crippen molar-refractivity contribution in [3.8, 4) is 0 Å². The third-order valence-corrected chi connectivity index (χ3v) is 4.46. The number of ether oxygens (including phenoxy) is 1. The zero-order valence-electron chi connectivity index (χ0n) is 10.2. The van der Waals surface area contributed by atoms with E-state index in [1.165, 1.54) is 25.0 Å². The fourth-order valence-corrected chi connectivity index (χ4v) is 3.41. The summed E-state index contributed by atoms with van der Waals surface area (Å²) in [6, 6.07) is 5.17. The lowest BCUT2D eigenvalue weighted by Crippen LogP contribution is -2.16.